The van der Waals surface area contributed by atoms with Crippen molar-refractivity contribution < 1.29 is 19.4 Å². The Kier molecular flexibility index (Phi) is 5.95. The van der Waals surface area contributed by atoms with Gasteiger partial charge in [-0.05, 0) is 36.8 Å². The molecule has 0 heterocycles. The molecule has 0 unspecified atom stereocenters. The average Bonchev–Trinajstić information content (AvgIpc) is 2.56. The van der Waals surface area contributed by atoms with E-state index in [0.29, 0.717) is 11.3 Å². The fourth-order valence-corrected chi connectivity index (χ4v) is 2.55. The first kappa shape index (κ1) is 18.7. The molecule has 2 rings (SSSR count). The molecule has 0 atom stereocenters. The maximum atomic E-state index is 12.2. The van der Waals surface area contributed by atoms with E-state index in [1.54, 1.807) is 12.1 Å². The highest BCUT2D eigenvalue weighted by molar-refractivity contribution is 7.80. The number of thiocarbonyl (C=S) groups is 1. The van der Waals surface area contributed by atoms with Crippen LogP contribution in [0.25, 0.3) is 0 Å². The minimum absolute atomic E-state index is 0.0280. The van der Waals surface area contributed by atoms with Gasteiger partial charge in [-0.1, -0.05) is 29.8 Å². The number of hydrogen-bond donors (Lipinski definition) is 3. The van der Waals surface area contributed by atoms with Gasteiger partial charge in [-0.25, -0.2) is 4.79 Å². The number of nitrogens with one attached hydrogen (secondary N) is 2. The molecular formula is C17H15ClN2O4S. The molecule has 3 N–H and O–H groups in total. The van der Waals surface area contributed by atoms with Gasteiger partial charge in [0.15, 0.2) is 5.11 Å². The van der Waals surface area contributed by atoms with Crippen molar-refractivity contribution >= 4 is 46.5 Å². The molecule has 0 bridgehead atoms. The Hall–Kier alpha value is -2.64. The topological polar surface area (TPSA) is 87.7 Å². The largest absolute Gasteiger partial charge is 0.496 e. The first-order valence-electron chi connectivity index (χ1n) is 7.12. The molecule has 2 aromatic rings. The van der Waals surface area contributed by atoms with E-state index >= 15 is 0 Å². The standard InChI is InChI=1S/C17H15ClN2O4S/c1-9-5-3-4-6-10(9)15(21)20-17(25)19-13-8-14(24-2)11(16(22)23)7-12(13)18/h3-8H,1-2H3,(H,22,23)(H2,19,20,21,25). The maximum absolute atomic E-state index is 12.2. The molecule has 0 aromatic heterocycles. The normalized spacial score (nSPS) is 10.0. The fraction of sp³-hybridized carbons (Fsp3) is 0.118. The van der Waals surface area contributed by atoms with E-state index in [0.717, 1.165) is 5.56 Å². The molecule has 0 aliphatic carbocycles. The SMILES string of the molecule is COc1cc(NC(=S)NC(=O)c2ccccc2C)c(Cl)cc1C(=O)O. The van der Waals surface area contributed by atoms with Crippen LogP contribution in [-0.4, -0.2) is 29.2 Å². The minimum atomic E-state index is -1.17. The highest BCUT2D eigenvalue weighted by atomic mass is 35.5. The summed E-state index contributed by atoms with van der Waals surface area (Å²) in [6.45, 7) is 1.82. The number of amides is 1. The van der Waals surface area contributed by atoms with Crippen LogP contribution in [0.15, 0.2) is 36.4 Å². The predicted molar refractivity (Wildman–Crippen MR) is 99.8 cm³/mol. The van der Waals surface area contributed by atoms with Gasteiger partial charge in [0.2, 0.25) is 0 Å². The molecule has 1 amide bonds. The van der Waals surface area contributed by atoms with E-state index < -0.39 is 5.97 Å². The number of benzene rings is 2. The zero-order valence-corrected chi connectivity index (χ0v) is 15.0. The van der Waals surface area contributed by atoms with E-state index in [2.05, 4.69) is 10.6 Å². The van der Waals surface area contributed by atoms with Crippen LogP contribution in [0.1, 0.15) is 26.3 Å². The number of aromatic carboxylic acids is 1. The van der Waals surface area contributed by atoms with Gasteiger partial charge in [0.1, 0.15) is 11.3 Å². The first-order chi connectivity index (χ1) is 11.8. The molecule has 0 saturated heterocycles. The number of carboxylic acids is 1. The Morgan fingerprint density at radius 3 is 2.48 bits per heavy atom. The quantitative estimate of drug-likeness (QED) is 0.706. The Balaban J connectivity index is 2.17. The molecule has 8 heteroatoms. The van der Waals surface area contributed by atoms with E-state index in [9.17, 15) is 9.59 Å². The highest BCUT2D eigenvalue weighted by Crippen LogP contribution is 2.31. The lowest BCUT2D eigenvalue weighted by Gasteiger charge is -2.14. The summed E-state index contributed by atoms with van der Waals surface area (Å²) < 4.78 is 5.04. The third-order valence-electron chi connectivity index (χ3n) is 3.38. The average molecular weight is 379 g/mol. The second kappa shape index (κ2) is 7.96. The summed E-state index contributed by atoms with van der Waals surface area (Å²) >= 11 is 11.2. The summed E-state index contributed by atoms with van der Waals surface area (Å²) in [6.07, 6.45) is 0. The van der Waals surface area contributed by atoms with Crippen LogP contribution in [0.2, 0.25) is 5.02 Å². The second-order valence-electron chi connectivity index (χ2n) is 5.06. The van der Waals surface area contributed by atoms with Crippen LogP contribution in [0.3, 0.4) is 0 Å². The summed E-state index contributed by atoms with van der Waals surface area (Å²) in [5.41, 5.74) is 1.55. The van der Waals surface area contributed by atoms with Gasteiger partial charge in [0.25, 0.3) is 5.91 Å². The Labute approximate surface area is 154 Å². The second-order valence-corrected chi connectivity index (χ2v) is 5.88. The van der Waals surface area contributed by atoms with Crippen molar-refractivity contribution in [2.45, 2.75) is 6.92 Å². The molecule has 2 aromatic carbocycles. The fourth-order valence-electron chi connectivity index (χ4n) is 2.14. The molecule has 0 fully saturated rings. The summed E-state index contributed by atoms with van der Waals surface area (Å²) in [5, 5.41) is 14.6. The van der Waals surface area contributed by atoms with Gasteiger partial charge >= 0.3 is 5.97 Å². The molecular weight excluding hydrogens is 364 g/mol. The van der Waals surface area contributed by atoms with Crippen LogP contribution in [0.4, 0.5) is 5.69 Å². The molecule has 0 spiro atoms. The molecule has 0 saturated carbocycles. The molecule has 0 radical (unpaired) electrons. The Morgan fingerprint density at radius 1 is 1.20 bits per heavy atom. The number of hydrogen-bond acceptors (Lipinski definition) is 4. The molecule has 0 aliphatic rings. The van der Waals surface area contributed by atoms with Gasteiger partial charge in [-0.15, -0.1) is 0 Å². The summed E-state index contributed by atoms with van der Waals surface area (Å²) in [5.74, 6) is -1.41. The molecule has 130 valence electrons. The van der Waals surface area contributed by atoms with E-state index in [-0.39, 0.29) is 27.4 Å². The van der Waals surface area contributed by atoms with Crippen LogP contribution in [-0.2, 0) is 0 Å². The lowest BCUT2D eigenvalue weighted by Crippen LogP contribution is -2.34. The number of aryl methyl sites for hydroxylation is 1. The number of carbonyl (C=O) groups is 2. The Bertz CT molecular complexity index is 855. The summed E-state index contributed by atoms with van der Waals surface area (Å²) in [4.78, 5) is 23.4. The lowest BCUT2D eigenvalue weighted by atomic mass is 10.1. The summed E-state index contributed by atoms with van der Waals surface area (Å²) in [7, 11) is 1.34. The van der Waals surface area contributed by atoms with Crippen LogP contribution < -0.4 is 15.4 Å². The van der Waals surface area contributed by atoms with E-state index in [1.165, 1.54) is 19.2 Å². The molecule has 25 heavy (non-hydrogen) atoms. The van der Waals surface area contributed by atoms with Crippen molar-refractivity contribution in [2.75, 3.05) is 12.4 Å². The van der Waals surface area contributed by atoms with Crippen molar-refractivity contribution in [1.29, 1.82) is 0 Å². The predicted octanol–water partition coefficient (Wildman–Crippen LogP) is 3.48. The number of methoxy groups -OCH3 is 1. The van der Waals surface area contributed by atoms with Gasteiger partial charge in [-0.2, -0.15) is 0 Å². The summed E-state index contributed by atoms with van der Waals surface area (Å²) in [6, 6.07) is 9.74. The zero-order valence-electron chi connectivity index (χ0n) is 13.4. The van der Waals surface area contributed by atoms with Crippen LogP contribution >= 0.6 is 23.8 Å². The monoisotopic (exact) mass is 378 g/mol. The number of carbonyl (C=O) groups excluding carboxylic acids is 1. The highest BCUT2D eigenvalue weighted by Gasteiger charge is 2.16. The van der Waals surface area contributed by atoms with Crippen LogP contribution in [0.5, 0.6) is 5.75 Å². The van der Waals surface area contributed by atoms with Crippen molar-refractivity contribution in [2.24, 2.45) is 0 Å². The van der Waals surface area contributed by atoms with Crippen molar-refractivity contribution in [3.8, 4) is 5.75 Å². The van der Waals surface area contributed by atoms with E-state index in [4.69, 9.17) is 33.7 Å². The number of ether oxygens (including phenoxy) is 1. The number of rotatable bonds is 4. The van der Waals surface area contributed by atoms with Crippen molar-refractivity contribution in [3.05, 3.63) is 58.1 Å². The number of carboxylic acid groups (broad SMARTS) is 1. The third kappa shape index (κ3) is 4.46. The lowest BCUT2D eigenvalue weighted by molar-refractivity contribution is 0.0693. The smallest absolute Gasteiger partial charge is 0.339 e. The molecule has 0 aliphatic heterocycles. The molecule has 6 nitrogen and oxygen atoms in total. The maximum Gasteiger partial charge on any atom is 0.339 e. The van der Waals surface area contributed by atoms with Crippen LogP contribution in [0, 0.1) is 6.92 Å². The minimum Gasteiger partial charge on any atom is -0.496 e. The van der Waals surface area contributed by atoms with Crippen molar-refractivity contribution in [1.82, 2.24) is 5.32 Å². The zero-order chi connectivity index (χ0) is 18.6. The van der Waals surface area contributed by atoms with Gasteiger partial charge in [0.05, 0.1) is 17.8 Å². The number of halogens is 1. The number of anilines is 1. The van der Waals surface area contributed by atoms with Crippen molar-refractivity contribution in [3.63, 3.8) is 0 Å². The van der Waals surface area contributed by atoms with Gasteiger partial charge in [-0.3, -0.25) is 10.1 Å². The van der Waals surface area contributed by atoms with Gasteiger partial charge < -0.3 is 15.2 Å². The Morgan fingerprint density at radius 2 is 1.88 bits per heavy atom. The third-order valence-corrected chi connectivity index (χ3v) is 3.90. The van der Waals surface area contributed by atoms with E-state index in [1.807, 2.05) is 19.1 Å². The van der Waals surface area contributed by atoms with Gasteiger partial charge in [0, 0.05) is 11.6 Å². The first-order valence-corrected chi connectivity index (χ1v) is 7.91.